The lowest BCUT2D eigenvalue weighted by Crippen LogP contribution is -1.88. The Kier molecular flexibility index (Phi) is 2.57. The predicted octanol–water partition coefficient (Wildman–Crippen LogP) is 1.57. The largest absolute Gasteiger partial charge is 0.478 e. The van der Waals surface area contributed by atoms with Crippen LogP contribution >= 0.6 is 0 Å². The molecule has 0 saturated carbocycles. The number of fused-ring (bicyclic) bond motifs is 1. The number of nitro groups is 1. The van der Waals surface area contributed by atoms with E-state index in [0.29, 0.717) is 16.6 Å². The van der Waals surface area contributed by atoms with Crippen molar-refractivity contribution in [2.45, 2.75) is 0 Å². The Morgan fingerprint density at radius 3 is 3.00 bits per heavy atom. The van der Waals surface area contributed by atoms with E-state index in [-0.39, 0.29) is 5.69 Å². The maximum absolute atomic E-state index is 10.7. The Morgan fingerprint density at radius 1 is 1.59 bits per heavy atom. The Bertz CT molecular complexity index is 630. The molecule has 2 N–H and O–H groups in total. The molecule has 0 unspecified atom stereocenters. The zero-order valence-corrected chi connectivity index (χ0v) is 8.45. The Hall–Kier alpha value is -2.70. The van der Waals surface area contributed by atoms with Crippen molar-refractivity contribution in [2.75, 3.05) is 0 Å². The van der Waals surface area contributed by atoms with Crippen LogP contribution in [-0.2, 0) is 4.79 Å². The van der Waals surface area contributed by atoms with E-state index in [1.165, 1.54) is 24.5 Å². The van der Waals surface area contributed by atoms with E-state index in [0.717, 1.165) is 6.08 Å². The van der Waals surface area contributed by atoms with Crippen molar-refractivity contribution in [3.8, 4) is 0 Å². The van der Waals surface area contributed by atoms with Crippen LogP contribution in [0.2, 0.25) is 0 Å². The summed E-state index contributed by atoms with van der Waals surface area (Å²) >= 11 is 0. The van der Waals surface area contributed by atoms with Crippen LogP contribution in [0.25, 0.3) is 17.1 Å². The van der Waals surface area contributed by atoms with Crippen molar-refractivity contribution in [3.05, 3.63) is 40.2 Å². The van der Waals surface area contributed by atoms with Crippen LogP contribution in [0.1, 0.15) is 5.56 Å². The van der Waals surface area contributed by atoms with E-state index < -0.39 is 10.9 Å². The molecule has 2 aromatic heterocycles. The van der Waals surface area contributed by atoms with Crippen LogP contribution < -0.4 is 0 Å². The van der Waals surface area contributed by atoms with Crippen LogP contribution in [0, 0.1) is 10.1 Å². The van der Waals surface area contributed by atoms with Gasteiger partial charge in [-0.1, -0.05) is 0 Å². The average Bonchev–Trinajstić information content (AvgIpc) is 2.69. The first kappa shape index (κ1) is 10.8. The standard InChI is InChI=1S/C10H7N3O4/c14-9(15)2-1-6-3-7-8(13(16)17)5-12-10(7)11-4-6/h1-5H,(H,11,12)(H,14,15). The molecular weight excluding hydrogens is 226 g/mol. The molecule has 0 amide bonds. The van der Waals surface area contributed by atoms with E-state index in [4.69, 9.17) is 5.11 Å². The lowest BCUT2D eigenvalue weighted by Gasteiger charge is -1.93. The first-order valence-corrected chi connectivity index (χ1v) is 4.60. The molecule has 0 spiro atoms. The molecule has 2 rings (SSSR count). The molecule has 7 nitrogen and oxygen atoms in total. The Balaban J connectivity index is 2.51. The third-order valence-electron chi connectivity index (χ3n) is 2.15. The molecule has 0 atom stereocenters. The topological polar surface area (TPSA) is 109 Å². The molecule has 0 aliphatic heterocycles. The summed E-state index contributed by atoms with van der Waals surface area (Å²) in [5.41, 5.74) is 0.796. The zero-order chi connectivity index (χ0) is 12.4. The van der Waals surface area contributed by atoms with Gasteiger partial charge in [0.15, 0.2) is 0 Å². The Labute approximate surface area is 94.6 Å². The van der Waals surface area contributed by atoms with Crippen LogP contribution in [-0.4, -0.2) is 26.0 Å². The first-order chi connectivity index (χ1) is 8.08. The van der Waals surface area contributed by atoms with Crippen LogP contribution in [0.5, 0.6) is 0 Å². The summed E-state index contributed by atoms with van der Waals surface area (Å²) in [5.74, 6) is -1.09. The van der Waals surface area contributed by atoms with Crippen molar-refractivity contribution in [1.29, 1.82) is 0 Å². The number of aromatic amines is 1. The molecule has 0 radical (unpaired) electrons. The molecule has 17 heavy (non-hydrogen) atoms. The summed E-state index contributed by atoms with van der Waals surface area (Å²) in [6.45, 7) is 0. The first-order valence-electron chi connectivity index (χ1n) is 4.60. The van der Waals surface area contributed by atoms with Gasteiger partial charge in [-0.05, 0) is 17.7 Å². The number of rotatable bonds is 3. The van der Waals surface area contributed by atoms with Crippen molar-refractivity contribution >= 4 is 28.8 Å². The molecule has 86 valence electrons. The molecule has 0 aliphatic rings. The van der Waals surface area contributed by atoms with Gasteiger partial charge in [-0.25, -0.2) is 9.78 Å². The van der Waals surface area contributed by atoms with Gasteiger partial charge >= 0.3 is 5.97 Å². The van der Waals surface area contributed by atoms with E-state index in [1.54, 1.807) is 0 Å². The fourth-order valence-corrected chi connectivity index (χ4v) is 1.42. The highest BCUT2D eigenvalue weighted by molar-refractivity contribution is 5.89. The minimum atomic E-state index is -1.09. The van der Waals surface area contributed by atoms with Gasteiger partial charge in [-0.2, -0.15) is 0 Å². The normalized spacial score (nSPS) is 11.1. The SMILES string of the molecule is O=C(O)C=Cc1cnc2[nH]cc([N+](=O)[O-])c2c1. The summed E-state index contributed by atoms with van der Waals surface area (Å²) in [5, 5.41) is 19.5. The van der Waals surface area contributed by atoms with Gasteiger partial charge in [0.2, 0.25) is 0 Å². The number of nitrogens with zero attached hydrogens (tertiary/aromatic N) is 2. The van der Waals surface area contributed by atoms with Crippen molar-refractivity contribution in [1.82, 2.24) is 9.97 Å². The highest BCUT2D eigenvalue weighted by Gasteiger charge is 2.14. The van der Waals surface area contributed by atoms with Gasteiger partial charge in [-0.15, -0.1) is 0 Å². The molecule has 0 aromatic carbocycles. The van der Waals surface area contributed by atoms with Crippen LogP contribution in [0.4, 0.5) is 5.69 Å². The highest BCUT2D eigenvalue weighted by Crippen LogP contribution is 2.24. The third kappa shape index (κ3) is 2.12. The number of H-pyrrole nitrogens is 1. The molecule has 0 saturated heterocycles. The monoisotopic (exact) mass is 233 g/mol. The van der Waals surface area contributed by atoms with Crippen LogP contribution in [0.15, 0.2) is 24.5 Å². The summed E-state index contributed by atoms with van der Waals surface area (Å²) in [6, 6.07) is 1.51. The number of nitrogens with one attached hydrogen (secondary N) is 1. The number of carboxylic acids is 1. The van der Waals surface area contributed by atoms with E-state index in [2.05, 4.69) is 9.97 Å². The number of aromatic nitrogens is 2. The maximum Gasteiger partial charge on any atom is 0.328 e. The van der Waals surface area contributed by atoms with E-state index in [9.17, 15) is 14.9 Å². The minimum absolute atomic E-state index is 0.0851. The summed E-state index contributed by atoms with van der Waals surface area (Å²) in [6.07, 6.45) is 4.96. The quantitative estimate of drug-likeness (QED) is 0.475. The molecule has 2 heterocycles. The van der Waals surface area contributed by atoms with Gasteiger partial charge in [0.05, 0.1) is 16.5 Å². The average molecular weight is 233 g/mol. The second kappa shape index (κ2) is 4.05. The summed E-state index contributed by atoms with van der Waals surface area (Å²) < 4.78 is 0. The van der Waals surface area contributed by atoms with Crippen molar-refractivity contribution < 1.29 is 14.8 Å². The number of hydrogen-bond acceptors (Lipinski definition) is 4. The molecule has 0 aliphatic carbocycles. The number of hydrogen-bond donors (Lipinski definition) is 2. The van der Waals surface area contributed by atoms with Gasteiger partial charge in [0, 0.05) is 12.3 Å². The summed E-state index contributed by atoms with van der Waals surface area (Å²) in [4.78, 5) is 27.1. The Morgan fingerprint density at radius 2 is 2.35 bits per heavy atom. The predicted molar refractivity (Wildman–Crippen MR) is 59.4 cm³/mol. The molecule has 7 heteroatoms. The van der Waals surface area contributed by atoms with E-state index in [1.807, 2.05) is 0 Å². The molecule has 2 aromatic rings. The number of carbonyl (C=O) groups is 1. The fraction of sp³-hybridized carbons (Fsp3) is 0. The lowest BCUT2D eigenvalue weighted by atomic mass is 10.2. The number of pyridine rings is 1. The van der Waals surface area contributed by atoms with Crippen molar-refractivity contribution in [3.63, 3.8) is 0 Å². The van der Waals surface area contributed by atoms with Gasteiger partial charge < -0.3 is 10.1 Å². The van der Waals surface area contributed by atoms with Crippen LogP contribution in [0.3, 0.4) is 0 Å². The van der Waals surface area contributed by atoms with Gasteiger partial charge in [0.25, 0.3) is 5.69 Å². The zero-order valence-electron chi connectivity index (χ0n) is 8.45. The third-order valence-corrected chi connectivity index (χ3v) is 2.15. The van der Waals surface area contributed by atoms with Gasteiger partial charge in [0.1, 0.15) is 5.65 Å². The minimum Gasteiger partial charge on any atom is -0.478 e. The lowest BCUT2D eigenvalue weighted by molar-refractivity contribution is -0.383. The molecular formula is C10H7N3O4. The number of carboxylic acid groups (broad SMARTS) is 1. The van der Waals surface area contributed by atoms with Crippen molar-refractivity contribution in [2.24, 2.45) is 0 Å². The molecule has 0 fully saturated rings. The summed E-state index contributed by atoms with van der Waals surface area (Å²) in [7, 11) is 0. The van der Waals surface area contributed by atoms with E-state index >= 15 is 0 Å². The fourth-order valence-electron chi connectivity index (χ4n) is 1.42. The second-order valence-electron chi connectivity index (χ2n) is 3.27. The second-order valence-corrected chi connectivity index (χ2v) is 3.27. The number of aliphatic carboxylic acids is 1. The molecule has 0 bridgehead atoms. The smallest absolute Gasteiger partial charge is 0.328 e. The maximum atomic E-state index is 10.7. The van der Waals surface area contributed by atoms with Gasteiger partial charge in [-0.3, -0.25) is 10.1 Å². The highest BCUT2D eigenvalue weighted by atomic mass is 16.6.